The van der Waals surface area contributed by atoms with Gasteiger partial charge in [-0.15, -0.1) is 0 Å². The molecule has 2 aromatic carbocycles. The number of carbonyl (C=O) groups excluding carboxylic acids is 1. The summed E-state index contributed by atoms with van der Waals surface area (Å²) in [6.07, 6.45) is 0. The minimum absolute atomic E-state index is 0. The molecule has 0 unspecified atom stereocenters. The molecule has 0 saturated heterocycles. The Morgan fingerprint density at radius 1 is 0.591 bits per heavy atom. The Morgan fingerprint density at radius 3 is 1.09 bits per heavy atom. The minimum atomic E-state index is -1.82. The van der Waals surface area contributed by atoms with Crippen LogP contribution in [-0.2, 0) is 9.59 Å². The van der Waals surface area contributed by atoms with Crippen molar-refractivity contribution in [2.75, 3.05) is 0 Å². The average molecular weight is 308 g/mol. The molecule has 2 rings (SSSR count). The highest BCUT2D eigenvalue weighted by atomic mass is 16.4. The molecule has 2 aromatic rings. The van der Waals surface area contributed by atoms with Crippen LogP contribution in [0.1, 0.15) is 15.9 Å². The van der Waals surface area contributed by atoms with Crippen molar-refractivity contribution in [3.8, 4) is 0 Å². The maximum Gasteiger partial charge on any atom is 0.414 e. The van der Waals surface area contributed by atoms with Crippen molar-refractivity contribution in [1.82, 2.24) is 0 Å². The van der Waals surface area contributed by atoms with Crippen LogP contribution in [0.4, 0.5) is 0 Å². The summed E-state index contributed by atoms with van der Waals surface area (Å²) in [5, 5.41) is 14.8. The molecule has 0 aliphatic rings. The Morgan fingerprint density at radius 2 is 0.864 bits per heavy atom. The quantitative estimate of drug-likeness (QED) is 0.607. The Labute approximate surface area is 126 Å². The molecule has 0 saturated carbocycles. The standard InChI is InChI=1S/C13H10O.C2H2O4.2H2O/c14-13(11-7-3-1-4-8-11)12-9-5-2-6-10-12;3-1(4)2(5)6;;/h1-10H;(H,3,4)(H,5,6);2*1H2. The number of hydrogen-bond donors (Lipinski definition) is 2. The summed E-state index contributed by atoms with van der Waals surface area (Å²) in [5.41, 5.74) is 1.47. The smallest absolute Gasteiger partial charge is 0.414 e. The van der Waals surface area contributed by atoms with E-state index in [1.165, 1.54) is 0 Å². The van der Waals surface area contributed by atoms with Crippen LogP contribution in [0.25, 0.3) is 0 Å². The normalized spacial score (nSPS) is 8.18. The third-order valence-corrected chi connectivity index (χ3v) is 2.25. The largest absolute Gasteiger partial charge is 0.473 e. The second-order valence-electron chi connectivity index (χ2n) is 3.67. The fourth-order valence-corrected chi connectivity index (χ4v) is 1.35. The van der Waals surface area contributed by atoms with E-state index >= 15 is 0 Å². The van der Waals surface area contributed by atoms with Crippen molar-refractivity contribution in [2.45, 2.75) is 0 Å². The van der Waals surface area contributed by atoms with Crippen LogP contribution in [0.15, 0.2) is 60.7 Å². The number of carboxylic acid groups (broad SMARTS) is 2. The molecule has 0 atom stereocenters. The Bertz CT molecular complexity index is 540. The fourth-order valence-electron chi connectivity index (χ4n) is 1.35. The molecule has 0 aliphatic heterocycles. The van der Waals surface area contributed by atoms with E-state index in [1.807, 2.05) is 60.7 Å². The van der Waals surface area contributed by atoms with Gasteiger partial charge in [0.2, 0.25) is 0 Å². The van der Waals surface area contributed by atoms with Gasteiger partial charge in [0.15, 0.2) is 5.78 Å². The first-order valence-corrected chi connectivity index (χ1v) is 5.63. The molecule has 7 heteroatoms. The number of benzene rings is 2. The van der Waals surface area contributed by atoms with Gasteiger partial charge in [0.25, 0.3) is 0 Å². The van der Waals surface area contributed by atoms with Crippen LogP contribution >= 0.6 is 0 Å². The van der Waals surface area contributed by atoms with Gasteiger partial charge < -0.3 is 21.2 Å². The van der Waals surface area contributed by atoms with Gasteiger partial charge in [-0.3, -0.25) is 4.79 Å². The first kappa shape index (κ1) is 21.3. The Balaban J connectivity index is 0. The van der Waals surface area contributed by atoms with Crippen LogP contribution < -0.4 is 0 Å². The van der Waals surface area contributed by atoms with Gasteiger partial charge in [-0.1, -0.05) is 60.7 Å². The number of carboxylic acids is 2. The van der Waals surface area contributed by atoms with Crippen LogP contribution in [-0.4, -0.2) is 38.9 Å². The molecule has 0 spiro atoms. The molecular weight excluding hydrogens is 292 g/mol. The van der Waals surface area contributed by atoms with E-state index in [2.05, 4.69) is 0 Å². The van der Waals surface area contributed by atoms with E-state index < -0.39 is 11.9 Å². The van der Waals surface area contributed by atoms with Gasteiger partial charge >= 0.3 is 11.9 Å². The molecule has 0 bridgehead atoms. The van der Waals surface area contributed by atoms with Gasteiger partial charge in [0.05, 0.1) is 0 Å². The highest BCUT2D eigenvalue weighted by Crippen LogP contribution is 2.08. The zero-order chi connectivity index (χ0) is 15.0. The molecule has 7 nitrogen and oxygen atoms in total. The first-order chi connectivity index (χ1) is 9.52. The van der Waals surface area contributed by atoms with Crippen molar-refractivity contribution in [1.29, 1.82) is 0 Å². The van der Waals surface area contributed by atoms with Gasteiger partial charge in [0, 0.05) is 11.1 Å². The highest BCUT2D eigenvalue weighted by Gasteiger charge is 2.06. The molecule has 0 aromatic heterocycles. The van der Waals surface area contributed by atoms with Gasteiger partial charge in [-0.05, 0) is 0 Å². The van der Waals surface area contributed by atoms with Crippen LogP contribution in [0.2, 0.25) is 0 Å². The molecule has 0 heterocycles. The lowest BCUT2D eigenvalue weighted by atomic mass is 10.0. The third kappa shape index (κ3) is 6.94. The number of hydrogen-bond acceptors (Lipinski definition) is 3. The van der Waals surface area contributed by atoms with Gasteiger partial charge in [-0.25, -0.2) is 9.59 Å². The zero-order valence-electron chi connectivity index (χ0n) is 11.4. The number of carbonyl (C=O) groups is 3. The fraction of sp³-hybridized carbons (Fsp3) is 0. The topological polar surface area (TPSA) is 155 Å². The molecule has 22 heavy (non-hydrogen) atoms. The summed E-state index contributed by atoms with van der Waals surface area (Å²) in [5.74, 6) is -3.57. The molecule has 118 valence electrons. The average Bonchev–Trinajstić information content (AvgIpc) is 2.49. The third-order valence-electron chi connectivity index (χ3n) is 2.25. The van der Waals surface area contributed by atoms with E-state index in [0.717, 1.165) is 11.1 Å². The van der Waals surface area contributed by atoms with Crippen molar-refractivity contribution >= 4 is 17.7 Å². The predicted molar refractivity (Wildman–Crippen MR) is 78.8 cm³/mol. The van der Waals surface area contributed by atoms with Crippen molar-refractivity contribution in [3.05, 3.63) is 71.8 Å². The number of rotatable bonds is 2. The zero-order valence-corrected chi connectivity index (χ0v) is 11.4. The molecular formula is C15H16O7. The van der Waals surface area contributed by atoms with Crippen molar-refractivity contribution < 1.29 is 35.5 Å². The first-order valence-electron chi connectivity index (χ1n) is 5.63. The van der Waals surface area contributed by atoms with Crippen LogP contribution in [0, 0.1) is 0 Å². The maximum atomic E-state index is 11.8. The van der Waals surface area contributed by atoms with Crippen LogP contribution in [0.5, 0.6) is 0 Å². The summed E-state index contributed by atoms with van der Waals surface area (Å²) < 4.78 is 0. The number of ketones is 1. The lowest BCUT2D eigenvalue weighted by Crippen LogP contribution is -2.09. The van der Waals surface area contributed by atoms with Crippen molar-refractivity contribution in [2.24, 2.45) is 0 Å². The van der Waals surface area contributed by atoms with E-state index in [-0.39, 0.29) is 16.7 Å². The van der Waals surface area contributed by atoms with Crippen LogP contribution in [0.3, 0.4) is 0 Å². The van der Waals surface area contributed by atoms with E-state index in [4.69, 9.17) is 19.8 Å². The minimum Gasteiger partial charge on any atom is -0.473 e. The SMILES string of the molecule is O.O.O=C(O)C(=O)O.O=C(c1ccccc1)c1ccccc1. The Hall–Kier alpha value is -3.03. The molecule has 0 fully saturated rings. The lowest BCUT2D eigenvalue weighted by Gasteiger charge is -1.99. The number of aliphatic carboxylic acids is 2. The highest BCUT2D eigenvalue weighted by molar-refractivity contribution is 6.27. The summed E-state index contributed by atoms with van der Waals surface area (Å²) in [7, 11) is 0. The summed E-state index contributed by atoms with van der Waals surface area (Å²) in [6.45, 7) is 0. The Kier molecular flexibility index (Phi) is 10.4. The summed E-state index contributed by atoms with van der Waals surface area (Å²) in [4.78, 5) is 30.0. The van der Waals surface area contributed by atoms with Gasteiger partial charge in [0.1, 0.15) is 0 Å². The molecule has 0 aliphatic carbocycles. The van der Waals surface area contributed by atoms with E-state index in [0.29, 0.717) is 0 Å². The van der Waals surface area contributed by atoms with E-state index in [1.54, 1.807) is 0 Å². The van der Waals surface area contributed by atoms with Gasteiger partial charge in [-0.2, -0.15) is 0 Å². The molecule has 0 amide bonds. The van der Waals surface area contributed by atoms with Crippen molar-refractivity contribution in [3.63, 3.8) is 0 Å². The second-order valence-corrected chi connectivity index (χ2v) is 3.67. The monoisotopic (exact) mass is 308 g/mol. The maximum absolute atomic E-state index is 11.8. The molecule has 0 radical (unpaired) electrons. The summed E-state index contributed by atoms with van der Waals surface area (Å²) in [6, 6.07) is 18.6. The predicted octanol–water partition coefficient (Wildman–Crippen LogP) is 0.424. The molecule has 6 N–H and O–H groups in total. The lowest BCUT2D eigenvalue weighted by molar-refractivity contribution is -0.159. The van der Waals surface area contributed by atoms with E-state index in [9.17, 15) is 4.79 Å². The second kappa shape index (κ2) is 10.7. The summed E-state index contributed by atoms with van der Waals surface area (Å²) >= 11 is 0.